The van der Waals surface area contributed by atoms with Crippen LogP contribution in [0.25, 0.3) is 0 Å². The second-order valence-corrected chi connectivity index (χ2v) is 6.15. The second-order valence-electron chi connectivity index (χ2n) is 5.03. The van der Waals surface area contributed by atoms with Crippen LogP contribution in [0, 0.1) is 18.3 Å². The normalized spacial score (nSPS) is 17.3. The van der Waals surface area contributed by atoms with Gasteiger partial charge in [-0.1, -0.05) is 13.3 Å². The van der Waals surface area contributed by atoms with Crippen LogP contribution in [0.2, 0.25) is 0 Å². The molecule has 0 aliphatic carbocycles. The number of thiophene rings is 1. The average molecular weight is 300 g/mol. The van der Waals surface area contributed by atoms with Crippen molar-refractivity contribution in [1.29, 1.82) is 5.26 Å². The number of ether oxygens (including phenoxy) is 1. The van der Waals surface area contributed by atoms with Gasteiger partial charge in [0.15, 0.2) is 0 Å². The van der Waals surface area contributed by atoms with Crippen molar-refractivity contribution >= 4 is 11.3 Å². The topological polar surface area (TPSA) is 87.7 Å². The number of nitrogens with two attached hydrogens (primary N) is 1. The summed E-state index contributed by atoms with van der Waals surface area (Å²) < 4.78 is 5.53. The first-order chi connectivity index (χ1) is 10.2. The third-order valence-corrected chi connectivity index (χ3v) is 4.59. The molecule has 3 heterocycles. The van der Waals surface area contributed by atoms with E-state index in [1.807, 2.05) is 11.4 Å². The molecule has 0 bridgehead atoms. The van der Waals surface area contributed by atoms with Crippen LogP contribution in [-0.4, -0.2) is 10.2 Å². The van der Waals surface area contributed by atoms with Gasteiger partial charge in [-0.25, -0.2) is 0 Å². The van der Waals surface area contributed by atoms with E-state index >= 15 is 0 Å². The maximum atomic E-state index is 9.51. The maximum Gasteiger partial charge on any atom is 0.244 e. The predicted octanol–water partition coefficient (Wildman–Crippen LogP) is 2.95. The van der Waals surface area contributed by atoms with Crippen LogP contribution in [0.1, 0.15) is 41.0 Å². The van der Waals surface area contributed by atoms with Crippen molar-refractivity contribution in [1.82, 2.24) is 10.2 Å². The molecule has 5 nitrogen and oxygen atoms in total. The molecule has 0 spiro atoms. The molecule has 0 saturated carbocycles. The molecular formula is C15H16N4OS. The summed E-state index contributed by atoms with van der Waals surface area (Å²) in [5.41, 5.74) is 9.44. The summed E-state index contributed by atoms with van der Waals surface area (Å²) in [7, 11) is 0. The van der Waals surface area contributed by atoms with Crippen LogP contribution in [0.3, 0.4) is 0 Å². The molecule has 0 fully saturated rings. The van der Waals surface area contributed by atoms with Crippen molar-refractivity contribution < 1.29 is 4.74 Å². The summed E-state index contributed by atoms with van der Waals surface area (Å²) in [6.45, 7) is 4.16. The zero-order chi connectivity index (χ0) is 15.0. The molecule has 2 aromatic rings. The number of aryl methyl sites for hydroxylation is 2. The first kappa shape index (κ1) is 13.7. The smallest absolute Gasteiger partial charge is 0.244 e. The number of allylic oxidation sites excluding steroid dienone is 1. The number of aromatic nitrogens is 2. The van der Waals surface area contributed by atoms with E-state index in [1.54, 1.807) is 11.3 Å². The fraction of sp³-hybridized carbons (Fsp3) is 0.333. The summed E-state index contributed by atoms with van der Waals surface area (Å²) in [5, 5.41) is 18.8. The number of fused-ring (bicyclic) bond motifs is 1. The molecule has 0 saturated heterocycles. The molecule has 1 aliphatic heterocycles. The fourth-order valence-corrected chi connectivity index (χ4v) is 3.50. The van der Waals surface area contributed by atoms with E-state index in [1.165, 1.54) is 4.88 Å². The Morgan fingerprint density at radius 1 is 1.57 bits per heavy atom. The SMILES string of the molecule is CCCc1[nH]nc2c1[C@@H](c1ccsc1C)C(C#N)=C(N)O2. The predicted molar refractivity (Wildman–Crippen MR) is 80.9 cm³/mol. The lowest BCUT2D eigenvalue weighted by Crippen LogP contribution is -2.21. The van der Waals surface area contributed by atoms with E-state index in [4.69, 9.17) is 10.5 Å². The Morgan fingerprint density at radius 3 is 3.00 bits per heavy atom. The van der Waals surface area contributed by atoms with Crippen LogP contribution in [0.15, 0.2) is 22.9 Å². The van der Waals surface area contributed by atoms with E-state index in [0.717, 1.165) is 29.7 Å². The van der Waals surface area contributed by atoms with Gasteiger partial charge in [0.25, 0.3) is 0 Å². The van der Waals surface area contributed by atoms with Crippen LogP contribution in [-0.2, 0) is 6.42 Å². The minimum absolute atomic E-state index is 0.148. The molecule has 3 N–H and O–H groups in total. The van der Waals surface area contributed by atoms with Crippen molar-refractivity contribution in [3.05, 3.63) is 44.6 Å². The third-order valence-electron chi connectivity index (χ3n) is 3.73. The van der Waals surface area contributed by atoms with Crippen molar-refractivity contribution in [2.24, 2.45) is 5.73 Å². The molecule has 0 aromatic carbocycles. The van der Waals surface area contributed by atoms with E-state index in [2.05, 4.69) is 30.1 Å². The average Bonchev–Trinajstić information content (AvgIpc) is 3.05. The number of rotatable bonds is 3. The second kappa shape index (κ2) is 5.26. The van der Waals surface area contributed by atoms with E-state index < -0.39 is 0 Å². The molecular weight excluding hydrogens is 284 g/mol. The minimum Gasteiger partial charge on any atom is -0.420 e. The van der Waals surface area contributed by atoms with Gasteiger partial charge in [0, 0.05) is 16.1 Å². The first-order valence-corrected chi connectivity index (χ1v) is 7.74. The number of hydrogen-bond acceptors (Lipinski definition) is 5. The molecule has 108 valence electrons. The Labute approximate surface area is 127 Å². The molecule has 0 amide bonds. The van der Waals surface area contributed by atoms with Gasteiger partial charge < -0.3 is 10.5 Å². The zero-order valence-electron chi connectivity index (χ0n) is 11.9. The van der Waals surface area contributed by atoms with Gasteiger partial charge in [-0.2, -0.15) is 5.26 Å². The Morgan fingerprint density at radius 2 is 2.38 bits per heavy atom. The minimum atomic E-state index is -0.190. The fourth-order valence-electron chi connectivity index (χ4n) is 2.75. The molecule has 0 radical (unpaired) electrons. The summed E-state index contributed by atoms with van der Waals surface area (Å²) in [6.07, 6.45) is 1.86. The number of H-pyrrole nitrogens is 1. The number of nitrogens with one attached hydrogen (secondary N) is 1. The van der Waals surface area contributed by atoms with Crippen molar-refractivity contribution in [2.45, 2.75) is 32.6 Å². The van der Waals surface area contributed by atoms with Gasteiger partial charge in [0.1, 0.15) is 11.6 Å². The van der Waals surface area contributed by atoms with E-state index in [0.29, 0.717) is 11.5 Å². The van der Waals surface area contributed by atoms with Crippen LogP contribution >= 0.6 is 11.3 Å². The van der Waals surface area contributed by atoms with Gasteiger partial charge >= 0.3 is 0 Å². The molecule has 21 heavy (non-hydrogen) atoms. The van der Waals surface area contributed by atoms with Crippen LogP contribution in [0.4, 0.5) is 0 Å². The zero-order valence-corrected chi connectivity index (χ0v) is 12.8. The van der Waals surface area contributed by atoms with Gasteiger partial charge in [-0.05, 0) is 30.4 Å². The number of aromatic amines is 1. The lowest BCUT2D eigenvalue weighted by molar-refractivity contribution is 0.378. The highest BCUT2D eigenvalue weighted by Gasteiger charge is 2.35. The summed E-state index contributed by atoms with van der Waals surface area (Å²) in [6, 6.07) is 4.26. The summed E-state index contributed by atoms with van der Waals surface area (Å²) >= 11 is 1.66. The Kier molecular flexibility index (Phi) is 3.43. The Bertz CT molecular complexity index is 750. The van der Waals surface area contributed by atoms with Gasteiger partial charge in [0.05, 0.1) is 5.92 Å². The lowest BCUT2D eigenvalue weighted by Gasteiger charge is -2.23. The number of nitrogens with zero attached hydrogens (tertiary/aromatic N) is 2. The van der Waals surface area contributed by atoms with Crippen molar-refractivity contribution in [3.63, 3.8) is 0 Å². The van der Waals surface area contributed by atoms with E-state index in [9.17, 15) is 5.26 Å². The maximum absolute atomic E-state index is 9.51. The van der Waals surface area contributed by atoms with Gasteiger partial charge in [-0.3, -0.25) is 5.10 Å². The van der Waals surface area contributed by atoms with Gasteiger partial charge in [0.2, 0.25) is 11.8 Å². The van der Waals surface area contributed by atoms with Crippen molar-refractivity contribution in [2.75, 3.05) is 0 Å². The van der Waals surface area contributed by atoms with Crippen LogP contribution in [0.5, 0.6) is 5.88 Å². The Balaban J connectivity index is 2.22. The number of hydrogen-bond donors (Lipinski definition) is 2. The molecule has 1 atom stereocenters. The Hall–Kier alpha value is -2.26. The van der Waals surface area contributed by atoms with E-state index in [-0.39, 0.29) is 11.8 Å². The highest BCUT2D eigenvalue weighted by molar-refractivity contribution is 7.10. The molecule has 2 aromatic heterocycles. The third kappa shape index (κ3) is 2.10. The molecule has 1 aliphatic rings. The van der Waals surface area contributed by atoms with Crippen LogP contribution < -0.4 is 10.5 Å². The monoisotopic (exact) mass is 300 g/mol. The first-order valence-electron chi connectivity index (χ1n) is 6.86. The number of nitriles is 1. The van der Waals surface area contributed by atoms with Gasteiger partial charge in [-0.15, -0.1) is 16.4 Å². The molecule has 0 unspecified atom stereocenters. The summed E-state index contributed by atoms with van der Waals surface area (Å²) in [5.74, 6) is 0.450. The summed E-state index contributed by atoms with van der Waals surface area (Å²) in [4.78, 5) is 1.18. The largest absolute Gasteiger partial charge is 0.420 e. The standard InChI is InChI=1S/C15H16N4OS/c1-3-4-11-13-12(9-5-6-21-8(9)2)10(7-16)14(17)20-15(13)19-18-11/h5-6,12H,3-4,17H2,1-2H3,(H,18,19)/t12-/m0/s1. The molecule has 3 rings (SSSR count). The van der Waals surface area contributed by atoms with Crippen molar-refractivity contribution in [3.8, 4) is 11.9 Å². The lowest BCUT2D eigenvalue weighted by atomic mass is 9.84. The highest BCUT2D eigenvalue weighted by Crippen LogP contribution is 2.44. The molecule has 6 heteroatoms. The highest BCUT2D eigenvalue weighted by atomic mass is 32.1. The quantitative estimate of drug-likeness (QED) is 0.912.